The predicted molar refractivity (Wildman–Crippen MR) is 131 cm³/mol. The minimum absolute atomic E-state index is 0.0305. The van der Waals surface area contributed by atoms with E-state index in [0.29, 0.717) is 34.9 Å². The van der Waals surface area contributed by atoms with Crippen LogP contribution in [0, 0.1) is 13.8 Å². The van der Waals surface area contributed by atoms with Crippen molar-refractivity contribution in [1.29, 1.82) is 0 Å². The van der Waals surface area contributed by atoms with Crippen LogP contribution in [0.5, 0.6) is 11.5 Å². The molecular weight excluding hydrogens is 430 g/mol. The summed E-state index contributed by atoms with van der Waals surface area (Å²) in [4.78, 5) is 28.1. The molecule has 6 heteroatoms. The average molecular weight is 458 g/mol. The molecule has 0 bridgehead atoms. The molecule has 1 amide bonds. The molecule has 174 valence electrons. The van der Waals surface area contributed by atoms with Gasteiger partial charge in [-0.3, -0.25) is 14.5 Å². The zero-order valence-electron chi connectivity index (χ0n) is 19.7. The summed E-state index contributed by atoms with van der Waals surface area (Å²) in [5, 5.41) is 11.3. The summed E-state index contributed by atoms with van der Waals surface area (Å²) < 4.78 is 10.8. The van der Waals surface area contributed by atoms with Gasteiger partial charge in [0.05, 0.1) is 25.3 Å². The lowest BCUT2D eigenvalue weighted by atomic mass is 9.95. The summed E-state index contributed by atoms with van der Waals surface area (Å²) in [7, 11) is 1.57. The number of Topliss-reactive ketones (excluding diaryl/α,β-unsaturated/α-hetero) is 1. The van der Waals surface area contributed by atoms with Crippen LogP contribution in [0.4, 0.5) is 5.69 Å². The molecule has 34 heavy (non-hydrogen) atoms. The van der Waals surface area contributed by atoms with Crippen molar-refractivity contribution in [3.63, 3.8) is 0 Å². The first-order valence-electron chi connectivity index (χ1n) is 11.1. The van der Waals surface area contributed by atoms with Crippen molar-refractivity contribution in [2.24, 2.45) is 0 Å². The van der Waals surface area contributed by atoms with E-state index < -0.39 is 17.7 Å². The van der Waals surface area contributed by atoms with Crippen LogP contribution >= 0.6 is 0 Å². The minimum Gasteiger partial charge on any atom is -0.507 e. The number of ether oxygens (including phenoxy) is 2. The summed E-state index contributed by atoms with van der Waals surface area (Å²) in [5.41, 5.74) is 3.65. The highest BCUT2D eigenvalue weighted by Gasteiger charge is 2.47. The number of aliphatic hydroxyl groups excluding tert-OH is 1. The molecule has 1 heterocycles. The van der Waals surface area contributed by atoms with Gasteiger partial charge in [0.1, 0.15) is 17.3 Å². The second kappa shape index (κ2) is 9.43. The lowest BCUT2D eigenvalue weighted by Crippen LogP contribution is -2.29. The van der Waals surface area contributed by atoms with Crippen molar-refractivity contribution in [3.05, 3.63) is 94.6 Å². The number of rotatable bonds is 6. The number of methoxy groups -OCH3 is 1. The first kappa shape index (κ1) is 23.1. The first-order valence-corrected chi connectivity index (χ1v) is 11.1. The fourth-order valence-electron chi connectivity index (χ4n) is 4.35. The molecule has 4 rings (SSSR count). The van der Waals surface area contributed by atoms with E-state index in [1.165, 1.54) is 4.90 Å². The third-order valence-corrected chi connectivity index (χ3v) is 5.78. The van der Waals surface area contributed by atoms with Crippen LogP contribution in [-0.2, 0) is 9.59 Å². The molecule has 3 aromatic rings. The smallest absolute Gasteiger partial charge is 0.300 e. The molecule has 1 aliphatic heterocycles. The van der Waals surface area contributed by atoms with E-state index in [1.807, 2.05) is 39.0 Å². The molecule has 1 saturated heterocycles. The molecule has 1 aliphatic rings. The zero-order valence-corrected chi connectivity index (χ0v) is 19.7. The van der Waals surface area contributed by atoms with E-state index in [1.54, 1.807) is 55.6 Å². The van der Waals surface area contributed by atoms with E-state index in [2.05, 4.69) is 0 Å². The number of aryl methyl sites for hydroxylation is 2. The fraction of sp³-hybridized carbons (Fsp3) is 0.214. The molecule has 3 aromatic carbocycles. The Hall–Kier alpha value is -4.06. The molecule has 0 aliphatic carbocycles. The van der Waals surface area contributed by atoms with Gasteiger partial charge in [-0.25, -0.2) is 0 Å². The summed E-state index contributed by atoms with van der Waals surface area (Å²) in [6, 6.07) is 18.9. The third kappa shape index (κ3) is 4.27. The monoisotopic (exact) mass is 457 g/mol. The number of amides is 1. The standard InChI is InChI=1S/C28H27NO5/c1-5-34-23-8-6-7-20(16-23)26(30)24-25(19-9-11-22(33-4)12-10-19)29(28(32)27(24)31)21-14-17(2)13-18(3)15-21/h6-16,25,30H,5H2,1-4H3/b26-24+. The summed E-state index contributed by atoms with van der Waals surface area (Å²) >= 11 is 0. The number of hydrogen-bond donors (Lipinski definition) is 1. The second-order valence-electron chi connectivity index (χ2n) is 8.25. The van der Waals surface area contributed by atoms with Crippen molar-refractivity contribution in [3.8, 4) is 11.5 Å². The van der Waals surface area contributed by atoms with Crippen LogP contribution in [0.2, 0.25) is 0 Å². The van der Waals surface area contributed by atoms with E-state index in [9.17, 15) is 14.7 Å². The van der Waals surface area contributed by atoms with Crippen LogP contribution in [0.15, 0.2) is 72.3 Å². The van der Waals surface area contributed by atoms with Gasteiger partial charge in [-0.2, -0.15) is 0 Å². The maximum Gasteiger partial charge on any atom is 0.300 e. The van der Waals surface area contributed by atoms with Gasteiger partial charge in [0.25, 0.3) is 11.7 Å². The number of aliphatic hydroxyl groups is 1. The van der Waals surface area contributed by atoms with Crippen molar-refractivity contribution < 1.29 is 24.2 Å². The third-order valence-electron chi connectivity index (χ3n) is 5.78. The molecular formula is C28H27NO5. The summed E-state index contributed by atoms with van der Waals surface area (Å²) in [6.45, 7) is 6.21. The Morgan fingerprint density at radius 3 is 2.24 bits per heavy atom. The van der Waals surface area contributed by atoms with Gasteiger partial charge in [-0.05, 0) is 73.9 Å². The van der Waals surface area contributed by atoms with Crippen molar-refractivity contribution in [1.82, 2.24) is 0 Å². The van der Waals surface area contributed by atoms with E-state index >= 15 is 0 Å². The van der Waals surface area contributed by atoms with E-state index in [-0.39, 0.29) is 11.3 Å². The van der Waals surface area contributed by atoms with Gasteiger partial charge in [-0.15, -0.1) is 0 Å². The number of hydrogen-bond acceptors (Lipinski definition) is 5. The van der Waals surface area contributed by atoms with Crippen LogP contribution in [-0.4, -0.2) is 30.5 Å². The normalized spacial score (nSPS) is 17.2. The molecule has 1 N–H and O–H groups in total. The van der Waals surface area contributed by atoms with Crippen LogP contribution in [0.3, 0.4) is 0 Å². The zero-order chi connectivity index (χ0) is 24.4. The lowest BCUT2D eigenvalue weighted by Gasteiger charge is -2.26. The molecule has 1 fully saturated rings. The van der Waals surface area contributed by atoms with Crippen molar-refractivity contribution in [2.75, 3.05) is 18.6 Å². The Labute approximate surface area is 199 Å². The minimum atomic E-state index is -0.803. The van der Waals surface area contributed by atoms with Crippen molar-refractivity contribution >= 4 is 23.1 Å². The number of carbonyl (C=O) groups is 2. The molecule has 0 radical (unpaired) electrons. The molecule has 0 aromatic heterocycles. The van der Waals surface area contributed by atoms with E-state index in [0.717, 1.165) is 11.1 Å². The number of benzene rings is 3. The molecule has 1 atom stereocenters. The highest BCUT2D eigenvalue weighted by molar-refractivity contribution is 6.51. The topological polar surface area (TPSA) is 76.1 Å². The van der Waals surface area contributed by atoms with Gasteiger partial charge in [0.2, 0.25) is 0 Å². The number of carbonyl (C=O) groups excluding carboxylic acids is 2. The van der Waals surface area contributed by atoms with Crippen LogP contribution < -0.4 is 14.4 Å². The van der Waals surface area contributed by atoms with Gasteiger partial charge in [-0.1, -0.05) is 30.3 Å². The molecule has 6 nitrogen and oxygen atoms in total. The molecule has 0 spiro atoms. The number of anilines is 1. The first-order chi connectivity index (χ1) is 16.3. The van der Waals surface area contributed by atoms with Gasteiger partial charge in [0.15, 0.2) is 0 Å². The second-order valence-corrected chi connectivity index (χ2v) is 8.25. The maximum absolute atomic E-state index is 13.3. The van der Waals surface area contributed by atoms with Crippen LogP contribution in [0.25, 0.3) is 5.76 Å². The molecule has 0 saturated carbocycles. The van der Waals surface area contributed by atoms with E-state index in [4.69, 9.17) is 9.47 Å². The highest BCUT2D eigenvalue weighted by atomic mass is 16.5. The lowest BCUT2D eigenvalue weighted by molar-refractivity contribution is -0.132. The summed E-state index contributed by atoms with van der Waals surface area (Å²) in [5.74, 6) is -0.451. The Kier molecular flexibility index (Phi) is 6.41. The highest BCUT2D eigenvalue weighted by Crippen LogP contribution is 2.43. The average Bonchev–Trinajstić information content (AvgIpc) is 3.09. The molecule has 1 unspecified atom stereocenters. The Morgan fingerprint density at radius 2 is 1.62 bits per heavy atom. The van der Waals surface area contributed by atoms with Crippen LogP contribution in [0.1, 0.15) is 35.2 Å². The Bertz CT molecular complexity index is 1260. The Balaban J connectivity index is 1.93. The SMILES string of the molecule is CCOc1cccc(/C(O)=C2\C(=O)C(=O)N(c3cc(C)cc(C)c3)C2c2ccc(OC)cc2)c1. The predicted octanol–water partition coefficient (Wildman–Crippen LogP) is 5.34. The Morgan fingerprint density at radius 1 is 0.941 bits per heavy atom. The van der Waals surface area contributed by atoms with Crippen molar-refractivity contribution in [2.45, 2.75) is 26.8 Å². The maximum atomic E-state index is 13.3. The number of ketones is 1. The summed E-state index contributed by atoms with van der Waals surface area (Å²) in [6.07, 6.45) is 0. The van der Waals surface area contributed by atoms with Gasteiger partial charge in [0, 0.05) is 11.3 Å². The van der Waals surface area contributed by atoms with Gasteiger partial charge >= 0.3 is 0 Å². The largest absolute Gasteiger partial charge is 0.507 e. The van der Waals surface area contributed by atoms with Gasteiger partial charge < -0.3 is 14.6 Å². The number of nitrogens with zero attached hydrogens (tertiary/aromatic N) is 1. The quantitative estimate of drug-likeness (QED) is 0.307. The fourth-order valence-corrected chi connectivity index (χ4v) is 4.35.